The quantitative estimate of drug-likeness (QED) is 0.592. The second kappa shape index (κ2) is 8.35. The molecule has 18 heavy (non-hydrogen) atoms. The zero-order valence-corrected chi connectivity index (χ0v) is 12.5. The highest BCUT2D eigenvalue weighted by molar-refractivity contribution is 5.79. The summed E-state index contributed by atoms with van der Waals surface area (Å²) >= 11 is 0. The molecular formula is C14H30N4. The Balaban J connectivity index is 2.52. The molecule has 4 nitrogen and oxygen atoms in total. The summed E-state index contributed by atoms with van der Waals surface area (Å²) in [7, 11) is 3.72. The average molecular weight is 254 g/mol. The lowest BCUT2D eigenvalue weighted by molar-refractivity contribution is 0.161. The van der Waals surface area contributed by atoms with Gasteiger partial charge in [0.05, 0.1) is 0 Å². The Morgan fingerprint density at radius 1 is 1.17 bits per heavy atom. The molecule has 1 aliphatic rings. The SMILES string of the molecule is CN=C(NC)NCC(C(C)C)N1CCCCCC1. The predicted molar refractivity (Wildman–Crippen MR) is 79.1 cm³/mol. The van der Waals surface area contributed by atoms with Gasteiger partial charge in [-0.25, -0.2) is 0 Å². The van der Waals surface area contributed by atoms with Crippen LogP contribution in [0.4, 0.5) is 0 Å². The first kappa shape index (κ1) is 15.3. The van der Waals surface area contributed by atoms with Crippen molar-refractivity contribution in [2.75, 3.05) is 33.7 Å². The van der Waals surface area contributed by atoms with E-state index in [4.69, 9.17) is 0 Å². The Morgan fingerprint density at radius 2 is 1.78 bits per heavy atom. The van der Waals surface area contributed by atoms with E-state index < -0.39 is 0 Å². The lowest BCUT2D eigenvalue weighted by Gasteiger charge is -2.34. The monoisotopic (exact) mass is 254 g/mol. The third kappa shape index (κ3) is 4.84. The summed E-state index contributed by atoms with van der Waals surface area (Å²) in [6.45, 7) is 8.12. The number of guanidine groups is 1. The van der Waals surface area contributed by atoms with Gasteiger partial charge >= 0.3 is 0 Å². The normalized spacial score (nSPS) is 20.6. The molecule has 1 aliphatic heterocycles. The largest absolute Gasteiger partial charge is 0.359 e. The molecule has 1 saturated heterocycles. The van der Waals surface area contributed by atoms with Crippen LogP contribution in [-0.2, 0) is 0 Å². The number of hydrogen-bond donors (Lipinski definition) is 2. The highest BCUT2D eigenvalue weighted by Crippen LogP contribution is 2.16. The second-order valence-electron chi connectivity index (χ2n) is 5.46. The third-order valence-electron chi connectivity index (χ3n) is 3.82. The zero-order valence-electron chi connectivity index (χ0n) is 12.5. The topological polar surface area (TPSA) is 39.7 Å². The van der Waals surface area contributed by atoms with Gasteiger partial charge in [-0.15, -0.1) is 0 Å². The molecule has 2 N–H and O–H groups in total. The fourth-order valence-electron chi connectivity index (χ4n) is 2.69. The summed E-state index contributed by atoms with van der Waals surface area (Å²) in [4.78, 5) is 6.84. The first-order valence-corrected chi connectivity index (χ1v) is 7.31. The molecule has 1 rings (SSSR count). The summed E-state index contributed by atoms with van der Waals surface area (Å²) < 4.78 is 0. The van der Waals surface area contributed by atoms with Crippen molar-refractivity contribution in [1.82, 2.24) is 15.5 Å². The van der Waals surface area contributed by atoms with Crippen LogP contribution in [0.3, 0.4) is 0 Å². The molecule has 0 aromatic heterocycles. The molecule has 106 valence electrons. The summed E-state index contributed by atoms with van der Waals surface area (Å²) in [5.41, 5.74) is 0. The van der Waals surface area contributed by atoms with Crippen molar-refractivity contribution >= 4 is 5.96 Å². The van der Waals surface area contributed by atoms with Gasteiger partial charge in [0.1, 0.15) is 0 Å². The van der Waals surface area contributed by atoms with E-state index >= 15 is 0 Å². The lowest BCUT2D eigenvalue weighted by atomic mass is 10.0. The number of nitrogens with one attached hydrogen (secondary N) is 2. The van der Waals surface area contributed by atoms with E-state index in [2.05, 4.69) is 34.4 Å². The first-order valence-electron chi connectivity index (χ1n) is 7.31. The summed E-state index contributed by atoms with van der Waals surface area (Å²) in [6.07, 6.45) is 5.49. The van der Waals surface area contributed by atoms with E-state index in [9.17, 15) is 0 Å². The van der Waals surface area contributed by atoms with Crippen molar-refractivity contribution in [3.8, 4) is 0 Å². The van der Waals surface area contributed by atoms with E-state index in [0.29, 0.717) is 12.0 Å². The molecule has 0 aromatic carbocycles. The molecule has 4 heteroatoms. The molecule has 1 atom stereocenters. The molecular weight excluding hydrogens is 224 g/mol. The Bertz CT molecular complexity index is 242. The maximum absolute atomic E-state index is 4.18. The van der Waals surface area contributed by atoms with Crippen LogP contribution in [0.5, 0.6) is 0 Å². The molecule has 1 heterocycles. The van der Waals surface area contributed by atoms with Gasteiger partial charge in [-0.05, 0) is 31.8 Å². The van der Waals surface area contributed by atoms with Gasteiger partial charge in [-0.1, -0.05) is 26.7 Å². The van der Waals surface area contributed by atoms with E-state index in [0.717, 1.165) is 12.5 Å². The molecule has 1 fully saturated rings. The number of likely N-dealkylation sites (tertiary alicyclic amines) is 1. The summed E-state index contributed by atoms with van der Waals surface area (Å²) in [6, 6.07) is 0.605. The van der Waals surface area contributed by atoms with Crippen molar-refractivity contribution in [2.24, 2.45) is 10.9 Å². The second-order valence-corrected chi connectivity index (χ2v) is 5.46. The Labute approximate surface area is 112 Å². The van der Waals surface area contributed by atoms with Gasteiger partial charge in [0.25, 0.3) is 0 Å². The van der Waals surface area contributed by atoms with Crippen molar-refractivity contribution in [2.45, 2.75) is 45.6 Å². The molecule has 0 spiro atoms. The summed E-state index contributed by atoms with van der Waals surface area (Å²) in [5, 5.41) is 6.50. The van der Waals surface area contributed by atoms with Crippen LogP contribution in [0, 0.1) is 5.92 Å². The standard InChI is InChI=1S/C14H30N4/c1-12(2)13(11-17-14(15-3)16-4)18-9-7-5-6-8-10-18/h12-13H,5-11H2,1-4H3,(H2,15,16,17). The molecule has 0 saturated carbocycles. The van der Waals surface area contributed by atoms with E-state index in [1.165, 1.54) is 38.8 Å². The minimum atomic E-state index is 0.605. The van der Waals surface area contributed by atoms with E-state index in [-0.39, 0.29) is 0 Å². The van der Waals surface area contributed by atoms with Crippen LogP contribution in [0.1, 0.15) is 39.5 Å². The fraction of sp³-hybridized carbons (Fsp3) is 0.929. The van der Waals surface area contributed by atoms with Crippen molar-refractivity contribution in [3.63, 3.8) is 0 Å². The summed E-state index contributed by atoms with van der Waals surface area (Å²) in [5.74, 6) is 1.56. The Morgan fingerprint density at radius 3 is 2.22 bits per heavy atom. The number of hydrogen-bond acceptors (Lipinski definition) is 2. The molecule has 0 radical (unpaired) electrons. The van der Waals surface area contributed by atoms with Gasteiger partial charge < -0.3 is 10.6 Å². The average Bonchev–Trinajstić information content (AvgIpc) is 2.63. The Hall–Kier alpha value is -0.770. The van der Waals surface area contributed by atoms with Gasteiger partial charge in [-0.3, -0.25) is 9.89 Å². The molecule has 0 aromatic rings. The van der Waals surface area contributed by atoms with Crippen molar-refractivity contribution in [3.05, 3.63) is 0 Å². The minimum Gasteiger partial charge on any atom is -0.359 e. The van der Waals surface area contributed by atoms with Crippen LogP contribution >= 0.6 is 0 Å². The van der Waals surface area contributed by atoms with Gasteiger partial charge in [0, 0.05) is 26.7 Å². The molecule has 1 unspecified atom stereocenters. The lowest BCUT2D eigenvalue weighted by Crippen LogP contribution is -2.49. The first-order chi connectivity index (χ1) is 8.69. The van der Waals surface area contributed by atoms with Crippen LogP contribution in [0.25, 0.3) is 0 Å². The number of rotatable bonds is 4. The number of aliphatic imine (C=N–C) groups is 1. The number of nitrogens with zero attached hydrogens (tertiary/aromatic N) is 2. The fourth-order valence-corrected chi connectivity index (χ4v) is 2.69. The zero-order chi connectivity index (χ0) is 13.4. The van der Waals surface area contributed by atoms with Crippen LogP contribution < -0.4 is 10.6 Å². The highest BCUT2D eigenvalue weighted by Gasteiger charge is 2.22. The predicted octanol–water partition coefficient (Wildman–Crippen LogP) is 1.68. The van der Waals surface area contributed by atoms with E-state index in [1.54, 1.807) is 0 Å². The molecule has 0 bridgehead atoms. The van der Waals surface area contributed by atoms with Gasteiger partial charge in [0.2, 0.25) is 0 Å². The van der Waals surface area contributed by atoms with Crippen LogP contribution in [0.15, 0.2) is 4.99 Å². The highest BCUT2D eigenvalue weighted by atomic mass is 15.2. The Kier molecular flexibility index (Phi) is 7.09. The van der Waals surface area contributed by atoms with Crippen LogP contribution in [-0.4, -0.2) is 50.6 Å². The van der Waals surface area contributed by atoms with Crippen molar-refractivity contribution < 1.29 is 0 Å². The van der Waals surface area contributed by atoms with Gasteiger partial charge in [-0.2, -0.15) is 0 Å². The van der Waals surface area contributed by atoms with Gasteiger partial charge in [0.15, 0.2) is 5.96 Å². The molecule has 0 amide bonds. The van der Waals surface area contributed by atoms with E-state index in [1.807, 2.05) is 14.1 Å². The third-order valence-corrected chi connectivity index (χ3v) is 3.82. The van der Waals surface area contributed by atoms with Crippen molar-refractivity contribution in [1.29, 1.82) is 0 Å². The van der Waals surface area contributed by atoms with Crippen LogP contribution in [0.2, 0.25) is 0 Å². The smallest absolute Gasteiger partial charge is 0.190 e. The molecule has 0 aliphatic carbocycles. The maximum Gasteiger partial charge on any atom is 0.190 e. The minimum absolute atomic E-state index is 0.605. The maximum atomic E-state index is 4.18.